The summed E-state index contributed by atoms with van der Waals surface area (Å²) in [5.41, 5.74) is 4.48. The maximum Gasteiger partial charge on any atom is 0.222 e. The van der Waals surface area contributed by atoms with Gasteiger partial charge in [0.2, 0.25) is 5.91 Å². The molecule has 0 radical (unpaired) electrons. The molecule has 2 aromatic heterocycles. The molecule has 1 fully saturated rings. The van der Waals surface area contributed by atoms with Crippen molar-refractivity contribution in [1.29, 1.82) is 0 Å². The van der Waals surface area contributed by atoms with Crippen LogP contribution in [0.1, 0.15) is 42.1 Å². The number of carbonyl (C=O) groups is 1. The van der Waals surface area contributed by atoms with Crippen molar-refractivity contribution in [2.24, 2.45) is 0 Å². The number of para-hydroxylation sites is 1. The Morgan fingerprint density at radius 1 is 1.33 bits per heavy atom. The van der Waals surface area contributed by atoms with E-state index in [1.807, 2.05) is 25.4 Å². The maximum absolute atomic E-state index is 12.4. The first kappa shape index (κ1) is 15.0. The molecule has 1 amide bonds. The highest BCUT2D eigenvalue weighted by molar-refractivity contribution is 5.84. The van der Waals surface area contributed by atoms with Gasteiger partial charge in [-0.1, -0.05) is 18.2 Å². The smallest absolute Gasteiger partial charge is 0.222 e. The molecule has 0 unspecified atom stereocenters. The molecule has 0 bridgehead atoms. The Kier molecular flexibility index (Phi) is 3.84. The van der Waals surface area contributed by atoms with Gasteiger partial charge < -0.3 is 9.88 Å². The number of nitrogens with zero attached hydrogens (tertiary/aromatic N) is 2. The summed E-state index contributed by atoms with van der Waals surface area (Å²) >= 11 is 0. The van der Waals surface area contributed by atoms with Crippen molar-refractivity contribution in [3.63, 3.8) is 0 Å². The summed E-state index contributed by atoms with van der Waals surface area (Å²) in [6.07, 6.45) is 5.76. The summed E-state index contributed by atoms with van der Waals surface area (Å²) in [7, 11) is 1.86. The third kappa shape index (κ3) is 3.07. The van der Waals surface area contributed by atoms with Crippen LogP contribution in [0.15, 0.2) is 36.5 Å². The van der Waals surface area contributed by atoms with Gasteiger partial charge in [0.15, 0.2) is 0 Å². The van der Waals surface area contributed by atoms with E-state index in [0.717, 1.165) is 23.3 Å². The molecule has 5 heteroatoms. The fourth-order valence-electron chi connectivity index (χ4n) is 3.16. The van der Waals surface area contributed by atoms with Gasteiger partial charge in [-0.3, -0.25) is 9.89 Å². The summed E-state index contributed by atoms with van der Waals surface area (Å²) in [5, 5.41) is 8.61. The zero-order chi connectivity index (χ0) is 16.5. The van der Waals surface area contributed by atoms with E-state index in [2.05, 4.69) is 33.4 Å². The molecule has 1 aliphatic carbocycles. The van der Waals surface area contributed by atoms with Gasteiger partial charge in [0.05, 0.1) is 17.9 Å². The highest BCUT2D eigenvalue weighted by Gasteiger charge is 2.26. The van der Waals surface area contributed by atoms with Crippen molar-refractivity contribution in [3.05, 3.63) is 53.5 Å². The normalized spacial score (nSPS) is 14.2. The standard InChI is InChI=1S/C19H22N4O/c1-23(12-15-10-18(22-21-15)13-6-7-13)19(24)9-8-14-11-20-17-5-3-2-4-16(14)17/h2-5,10-11,13,20H,6-9,12H2,1H3,(H,21,22). The third-order valence-electron chi connectivity index (χ3n) is 4.76. The number of aromatic nitrogens is 3. The average molecular weight is 322 g/mol. The van der Waals surface area contributed by atoms with E-state index >= 15 is 0 Å². The molecular formula is C19H22N4O. The minimum absolute atomic E-state index is 0.155. The molecule has 5 nitrogen and oxygen atoms in total. The van der Waals surface area contributed by atoms with Crippen LogP contribution in [0.4, 0.5) is 0 Å². The lowest BCUT2D eigenvalue weighted by molar-refractivity contribution is -0.130. The van der Waals surface area contributed by atoms with Gasteiger partial charge >= 0.3 is 0 Å². The maximum atomic E-state index is 12.4. The quantitative estimate of drug-likeness (QED) is 0.731. The molecule has 0 atom stereocenters. The van der Waals surface area contributed by atoms with Crippen LogP contribution in [0.25, 0.3) is 10.9 Å². The molecule has 0 saturated heterocycles. The molecule has 1 aliphatic rings. The number of carbonyl (C=O) groups excluding carboxylic acids is 1. The number of fused-ring (bicyclic) bond motifs is 1. The van der Waals surface area contributed by atoms with Crippen molar-refractivity contribution in [2.45, 2.75) is 38.1 Å². The predicted octanol–water partition coefficient (Wildman–Crippen LogP) is 3.36. The summed E-state index contributed by atoms with van der Waals surface area (Å²) in [5.74, 6) is 0.792. The monoisotopic (exact) mass is 322 g/mol. The summed E-state index contributed by atoms with van der Waals surface area (Å²) in [6.45, 7) is 0.590. The average Bonchev–Trinajstić information content (AvgIpc) is 3.21. The van der Waals surface area contributed by atoms with Crippen LogP contribution in [0.2, 0.25) is 0 Å². The van der Waals surface area contributed by atoms with Crippen molar-refractivity contribution in [2.75, 3.05) is 7.05 Å². The molecule has 0 aliphatic heterocycles. The largest absolute Gasteiger partial charge is 0.361 e. The van der Waals surface area contributed by atoms with Gasteiger partial charge in [-0.25, -0.2) is 0 Å². The van der Waals surface area contributed by atoms with Crippen LogP contribution in [-0.2, 0) is 17.8 Å². The molecule has 1 saturated carbocycles. The van der Waals surface area contributed by atoms with Crippen molar-refractivity contribution in [1.82, 2.24) is 20.1 Å². The Labute approximate surface area is 141 Å². The summed E-state index contributed by atoms with van der Waals surface area (Å²) in [6, 6.07) is 10.3. The van der Waals surface area contributed by atoms with Crippen LogP contribution >= 0.6 is 0 Å². The fraction of sp³-hybridized carbons (Fsp3) is 0.368. The van der Waals surface area contributed by atoms with Crippen LogP contribution < -0.4 is 0 Å². The molecule has 2 N–H and O–H groups in total. The van der Waals surface area contributed by atoms with Crippen LogP contribution in [0, 0.1) is 0 Å². The molecule has 1 aromatic carbocycles. The summed E-state index contributed by atoms with van der Waals surface area (Å²) in [4.78, 5) is 17.5. The second kappa shape index (κ2) is 6.15. The molecule has 2 heterocycles. The Bertz CT molecular complexity index is 859. The Morgan fingerprint density at radius 3 is 3.00 bits per heavy atom. The molecule has 124 valence electrons. The van der Waals surface area contributed by atoms with Crippen molar-refractivity contribution < 1.29 is 4.79 Å². The number of amides is 1. The predicted molar refractivity (Wildman–Crippen MR) is 93.7 cm³/mol. The minimum atomic E-state index is 0.155. The number of rotatable bonds is 6. The number of aromatic amines is 2. The Hall–Kier alpha value is -2.56. The van der Waals surface area contributed by atoms with Gasteiger partial charge in [-0.05, 0) is 37.0 Å². The molecule has 24 heavy (non-hydrogen) atoms. The zero-order valence-electron chi connectivity index (χ0n) is 13.9. The van der Waals surface area contributed by atoms with E-state index in [0.29, 0.717) is 18.9 Å². The van der Waals surface area contributed by atoms with E-state index < -0.39 is 0 Å². The number of benzene rings is 1. The molecule has 4 rings (SSSR count). The lowest BCUT2D eigenvalue weighted by atomic mass is 10.1. The lowest BCUT2D eigenvalue weighted by Gasteiger charge is -2.15. The highest BCUT2D eigenvalue weighted by atomic mass is 16.2. The lowest BCUT2D eigenvalue weighted by Crippen LogP contribution is -2.26. The number of aryl methyl sites for hydroxylation is 1. The third-order valence-corrected chi connectivity index (χ3v) is 4.76. The highest BCUT2D eigenvalue weighted by Crippen LogP contribution is 2.39. The zero-order valence-corrected chi connectivity index (χ0v) is 13.9. The van der Waals surface area contributed by atoms with Gasteiger partial charge in [-0.15, -0.1) is 0 Å². The molecule has 0 spiro atoms. The number of hydrogen-bond donors (Lipinski definition) is 2. The number of H-pyrrole nitrogens is 2. The topological polar surface area (TPSA) is 64.8 Å². The van der Waals surface area contributed by atoms with E-state index in [1.165, 1.54) is 23.8 Å². The van der Waals surface area contributed by atoms with E-state index in [1.54, 1.807) is 4.90 Å². The van der Waals surface area contributed by atoms with Crippen LogP contribution in [0.5, 0.6) is 0 Å². The van der Waals surface area contributed by atoms with Crippen molar-refractivity contribution in [3.8, 4) is 0 Å². The molecular weight excluding hydrogens is 300 g/mol. The molecule has 3 aromatic rings. The Morgan fingerprint density at radius 2 is 2.17 bits per heavy atom. The van der Waals surface area contributed by atoms with E-state index in [9.17, 15) is 4.79 Å². The SMILES string of the molecule is CN(Cc1cc(C2CC2)n[nH]1)C(=O)CCc1c[nH]c2ccccc12. The first-order valence-electron chi connectivity index (χ1n) is 8.54. The number of nitrogens with one attached hydrogen (secondary N) is 2. The van der Waals surface area contributed by atoms with Crippen LogP contribution in [-0.4, -0.2) is 33.0 Å². The van der Waals surface area contributed by atoms with Gasteiger partial charge in [0.1, 0.15) is 0 Å². The van der Waals surface area contributed by atoms with Crippen LogP contribution in [0.3, 0.4) is 0 Å². The first-order valence-corrected chi connectivity index (χ1v) is 8.54. The second-order valence-electron chi connectivity index (χ2n) is 6.70. The van der Waals surface area contributed by atoms with E-state index in [4.69, 9.17) is 0 Å². The minimum Gasteiger partial charge on any atom is -0.361 e. The summed E-state index contributed by atoms with van der Waals surface area (Å²) < 4.78 is 0. The Balaban J connectivity index is 1.34. The van der Waals surface area contributed by atoms with Gasteiger partial charge in [0, 0.05) is 36.5 Å². The fourth-order valence-corrected chi connectivity index (χ4v) is 3.16. The van der Waals surface area contributed by atoms with Crippen molar-refractivity contribution >= 4 is 16.8 Å². The second-order valence-corrected chi connectivity index (χ2v) is 6.70. The number of hydrogen-bond acceptors (Lipinski definition) is 2. The van der Waals surface area contributed by atoms with Gasteiger partial charge in [0.25, 0.3) is 0 Å². The van der Waals surface area contributed by atoms with E-state index in [-0.39, 0.29) is 5.91 Å². The first-order chi connectivity index (χ1) is 11.7. The van der Waals surface area contributed by atoms with Gasteiger partial charge in [-0.2, -0.15) is 5.10 Å².